The first kappa shape index (κ1) is 20.3. The van der Waals surface area contributed by atoms with Crippen molar-refractivity contribution in [1.82, 2.24) is 5.32 Å². The van der Waals surface area contributed by atoms with E-state index >= 15 is 0 Å². The molecule has 2 aromatic rings. The second-order valence-electron chi connectivity index (χ2n) is 6.76. The number of aliphatic hydroxyl groups is 1. The highest BCUT2D eigenvalue weighted by molar-refractivity contribution is 5.85. The van der Waals surface area contributed by atoms with Crippen molar-refractivity contribution in [3.05, 3.63) is 59.7 Å². The first-order chi connectivity index (χ1) is 10.8. The second kappa shape index (κ2) is 8.92. The van der Waals surface area contributed by atoms with E-state index in [1.54, 1.807) is 12.1 Å². The zero-order valence-corrected chi connectivity index (χ0v) is 15.3. The van der Waals surface area contributed by atoms with Crippen molar-refractivity contribution < 1.29 is 9.84 Å². The van der Waals surface area contributed by atoms with E-state index in [2.05, 4.69) is 26.1 Å². The van der Waals surface area contributed by atoms with Crippen molar-refractivity contribution in [3.8, 4) is 5.75 Å². The van der Waals surface area contributed by atoms with E-state index in [1.165, 1.54) is 0 Å². The molecule has 0 saturated carbocycles. The normalized spacial score (nSPS) is 12.3. The fourth-order valence-electron chi connectivity index (χ4n) is 2.18. The minimum absolute atomic E-state index is 0. The predicted octanol–water partition coefficient (Wildman–Crippen LogP) is 3.69. The summed E-state index contributed by atoms with van der Waals surface area (Å²) in [6.07, 6.45) is -0.628. The lowest BCUT2D eigenvalue weighted by atomic mass is 10.1. The van der Waals surface area contributed by atoms with Gasteiger partial charge in [-0.15, -0.1) is 12.4 Å². The van der Waals surface area contributed by atoms with E-state index in [0.29, 0.717) is 24.6 Å². The van der Waals surface area contributed by atoms with Gasteiger partial charge in [0, 0.05) is 23.8 Å². The highest BCUT2D eigenvalue weighted by Gasteiger charge is 2.14. The van der Waals surface area contributed by atoms with Crippen LogP contribution in [-0.2, 0) is 6.61 Å². The van der Waals surface area contributed by atoms with Crippen LogP contribution in [0.2, 0.25) is 0 Å². The number of hydrogen-bond acceptors (Lipinski definition) is 4. The molecule has 1 unspecified atom stereocenters. The van der Waals surface area contributed by atoms with Crippen LogP contribution in [0, 0.1) is 0 Å². The monoisotopic (exact) mass is 350 g/mol. The summed E-state index contributed by atoms with van der Waals surface area (Å²) in [7, 11) is 0. The van der Waals surface area contributed by atoms with Gasteiger partial charge in [0.1, 0.15) is 12.4 Å². The summed E-state index contributed by atoms with van der Waals surface area (Å²) in [6.45, 7) is 7.12. The van der Waals surface area contributed by atoms with E-state index < -0.39 is 6.10 Å². The molecular weight excluding hydrogens is 324 g/mol. The summed E-state index contributed by atoms with van der Waals surface area (Å²) in [5.41, 5.74) is 8.32. The zero-order chi connectivity index (χ0) is 16.9. The second-order valence-corrected chi connectivity index (χ2v) is 6.76. The van der Waals surface area contributed by atoms with Gasteiger partial charge in [0.05, 0.1) is 6.10 Å². The molecule has 132 valence electrons. The van der Waals surface area contributed by atoms with Crippen molar-refractivity contribution in [2.75, 3.05) is 12.3 Å². The van der Waals surface area contributed by atoms with Crippen LogP contribution in [-0.4, -0.2) is 17.2 Å². The molecule has 24 heavy (non-hydrogen) atoms. The number of rotatable bonds is 6. The van der Waals surface area contributed by atoms with Crippen molar-refractivity contribution in [2.24, 2.45) is 0 Å². The molecule has 0 aliphatic carbocycles. The van der Waals surface area contributed by atoms with Gasteiger partial charge in [-0.1, -0.05) is 30.3 Å². The Hall–Kier alpha value is -1.75. The summed E-state index contributed by atoms with van der Waals surface area (Å²) in [5, 5.41) is 13.6. The highest BCUT2D eigenvalue weighted by atomic mass is 35.5. The minimum atomic E-state index is -0.628. The summed E-state index contributed by atoms with van der Waals surface area (Å²) in [6, 6.07) is 15.3. The van der Waals surface area contributed by atoms with Crippen molar-refractivity contribution >= 4 is 18.1 Å². The Labute approximate surface area is 150 Å². The number of nitrogens with two attached hydrogens (primary N) is 1. The molecule has 0 aliphatic heterocycles. The fourth-order valence-corrected chi connectivity index (χ4v) is 2.18. The predicted molar refractivity (Wildman–Crippen MR) is 102 cm³/mol. The van der Waals surface area contributed by atoms with Crippen LogP contribution in [0.15, 0.2) is 48.5 Å². The number of ether oxygens (including phenoxy) is 1. The maximum atomic E-state index is 10.3. The molecular formula is C19H27ClN2O2. The summed E-state index contributed by atoms with van der Waals surface area (Å²) in [4.78, 5) is 0. The van der Waals surface area contributed by atoms with Crippen LogP contribution in [0.1, 0.15) is 38.0 Å². The quantitative estimate of drug-likeness (QED) is 0.695. The number of benzene rings is 2. The molecule has 0 aliphatic rings. The van der Waals surface area contributed by atoms with Gasteiger partial charge in [-0.2, -0.15) is 0 Å². The smallest absolute Gasteiger partial charge is 0.122 e. The van der Waals surface area contributed by atoms with Gasteiger partial charge < -0.3 is 20.9 Å². The first-order valence-electron chi connectivity index (χ1n) is 7.84. The molecule has 0 heterocycles. The summed E-state index contributed by atoms with van der Waals surface area (Å²) >= 11 is 0. The first-order valence-corrected chi connectivity index (χ1v) is 7.84. The Morgan fingerprint density at radius 3 is 2.42 bits per heavy atom. The Bertz CT molecular complexity index is 627. The Balaban J connectivity index is 0.00000288. The Morgan fingerprint density at radius 1 is 1.12 bits per heavy atom. The van der Waals surface area contributed by atoms with Crippen LogP contribution in [0.25, 0.3) is 0 Å². The number of anilines is 1. The SMILES string of the molecule is CC(C)(C)NCC(O)c1cc(N)cc(OCc2ccccc2)c1.Cl. The lowest BCUT2D eigenvalue weighted by Gasteiger charge is -2.23. The van der Waals surface area contributed by atoms with Gasteiger partial charge in [0.15, 0.2) is 0 Å². The largest absolute Gasteiger partial charge is 0.489 e. The average Bonchev–Trinajstić information content (AvgIpc) is 2.50. The van der Waals surface area contributed by atoms with Gasteiger partial charge in [0.2, 0.25) is 0 Å². The third kappa shape index (κ3) is 6.79. The average molecular weight is 351 g/mol. The number of β-amino-alcohol motifs (C(OH)–C–C–N with tert-alkyl or cyclic N) is 1. The Morgan fingerprint density at radius 2 is 1.79 bits per heavy atom. The highest BCUT2D eigenvalue weighted by Crippen LogP contribution is 2.24. The number of nitrogen functional groups attached to an aromatic ring is 1. The van der Waals surface area contributed by atoms with E-state index in [4.69, 9.17) is 10.5 Å². The van der Waals surface area contributed by atoms with E-state index in [0.717, 1.165) is 11.1 Å². The molecule has 1 atom stereocenters. The summed E-state index contributed by atoms with van der Waals surface area (Å²) < 4.78 is 5.80. The van der Waals surface area contributed by atoms with Crippen LogP contribution in [0.5, 0.6) is 5.75 Å². The molecule has 4 N–H and O–H groups in total. The lowest BCUT2D eigenvalue weighted by molar-refractivity contribution is 0.163. The zero-order valence-electron chi connectivity index (χ0n) is 14.5. The molecule has 0 aromatic heterocycles. The van der Waals surface area contributed by atoms with Crippen LogP contribution >= 0.6 is 12.4 Å². The number of aliphatic hydroxyl groups excluding tert-OH is 1. The number of halogens is 1. The fraction of sp³-hybridized carbons (Fsp3) is 0.368. The van der Waals surface area contributed by atoms with Gasteiger partial charge in [-0.3, -0.25) is 0 Å². The molecule has 2 rings (SSSR count). The van der Waals surface area contributed by atoms with Crippen molar-refractivity contribution in [2.45, 2.75) is 39.0 Å². The number of nitrogens with one attached hydrogen (secondary N) is 1. The van der Waals surface area contributed by atoms with Gasteiger partial charge in [-0.25, -0.2) is 0 Å². The standard InChI is InChI=1S/C19H26N2O2.ClH/c1-19(2,3)21-12-18(22)15-9-16(20)11-17(10-15)23-13-14-7-5-4-6-8-14;/h4-11,18,21-22H,12-13,20H2,1-3H3;1H. The van der Waals surface area contributed by atoms with Crippen molar-refractivity contribution in [3.63, 3.8) is 0 Å². The molecule has 0 spiro atoms. The van der Waals surface area contributed by atoms with Crippen LogP contribution in [0.3, 0.4) is 0 Å². The van der Waals surface area contributed by atoms with Gasteiger partial charge >= 0.3 is 0 Å². The van der Waals surface area contributed by atoms with Gasteiger partial charge in [0.25, 0.3) is 0 Å². The van der Waals surface area contributed by atoms with Crippen molar-refractivity contribution in [1.29, 1.82) is 0 Å². The Kier molecular flexibility index (Phi) is 7.55. The molecule has 2 aromatic carbocycles. The molecule has 0 saturated heterocycles. The minimum Gasteiger partial charge on any atom is -0.489 e. The maximum Gasteiger partial charge on any atom is 0.122 e. The summed E-state index contributed by atoms with van der Waals surface area (Å²) in [5.74, 6) is 0.665. The lowest BCUT2D eigenvalue weighted by Crippen LogP contribution is -2.38. The van der Waals surface area contributed by atoms with Crippen LogP contribution in [0.4, 0.5) is 5.69 Å². The third-order valence-corrected chi connectivity index (χ3v) is 3.41. The van der Waals surface area contributed by atoms with Gasteiger partial charge in [-0.05, 0) is 44.0 Å². The van der Waals surface area contributed by atoms with E-state index in [-0.39, 0.29) is 17.9 Å². The van der Waals surface area contributed by atoms with E-state index in [9.17, 15) is 5.11 Å². The number of hydrogen-bond donors (Lipinski definition) is 3. The molecule has 0 radical (unpaired) electrons. The molecule has 0 fully saturated rings. The molecule has 0 amide bonds. The molecule has 5 heteroatoms. The topological polar surface area (TPSA) is 67.5 Å². The molecule has 0 bridgehead atoms. The van der Waals surface area contributed by atoms with E-state index in [1.807, 2.05) is 36.4 Å². The van der Waals surface area contributed by atoms with Crippen LogP contribution < -0.4 is 15.8 Å². The maximum absolute atomic E-state index is 10.3. The third-order valence-electron chi connectivity index (χ3n) is 3.41. The molecule has 4 nitrogen and oxygen atoms in total.